The van der Waals surface area contributed by atoms with Crippen LogP contribution in [0.3, 0.4) is 0 Å². The molecule has 2 aromatic rings. The Morgan fingerprint density at radius 1 is 1.00 bits per heavy atom. The third-order valence-corrected chi connectivity index (χ3v) is 5.43. The number of guanidine groups is 1. The minimum absolute atomic E-state index is 0.0337. The van der Waals surface area contributed by atoms with Crippen molar-refractivity contribution in [2.45, 2.75) is 38.6 Å². The number of ether oxygens (including phenoxy) is 2. The van der Waals surface area contributed by atoms with E-state index in [1.54, 1.807) is 0 Å². The summed E-state index contributed by atoms with van der Waals surface area (Å²) >= 11 is 0. The topological polar surface area (TPSA) is 54.9 Å². The molecule has 2 N–H and O–H groups in total. The lowest BCUT2D eigenvalue weighted by molar-refractivity contribution is 0.0513. The summed E-state index contributed by atoms with van der Waals surface area (Å²) in [4.78, 5) is 4.77. The molecule has 3 rings (SSSR count). The van der Waals surface area contributed by atoms with Gasteiger partial charge >= 0.3 is 0 Å². The first kappa shape index (κ1) is 21.2. The summed E-state index contributed by atoms with van der Waals surface area (Å²) in [6.45, 7) is 8.67. The van der Waals surface area contributed by atoms with Crippen molar-refractivity contribution < 1.29 is 9.47 Å². The molecule has 1 aliphatic heterocycles. The van der Waals surface area contributed by atoms with Crippen molar-refractivity contribution in [1.82, 2.24) is 10.6 Å². The molecule has 1 saturated heterocycles. The van der Waals surface area contributed by atoms with E-state index < -0.39 is 0 Å². The van der Waals surface area contributed by atoms with Crippen molar-refractivity contribution in [1.29, 1.82) is 0 Å². The first-order valence-electron chi connectivity index (χ1n) is 10.6. The highest BCUT2D eigenvalue weighted by Crippen LogP contribution is 2.35. The second-order valence-corrected chi connectivity index (χ2v) is 7.38. The largest absolute Gasteiger partial charge is 0.494 e. The minimum atomic E-state index is 0.0337. The van der Waals surface area contributed by atoms with Gasteiger partial charge in [0.15, 0.2) is 5.96 Å². The highest BCUT2D eigenvalue weighted by Gasteiger charge is 2.34. The third-order valence-electron chi connectivity index (χ3n) is 5.43. The SMILES string of the molecule is CCNC(=NCc1ccccc1)NCC1(c2ccc(OCC)cc2)CCOCC1. The van der Waals surface area contributed by atoms with Crippen LogP contribution in [-0.2, 0) is 16.7 Å². The third kappa shape index (κ3) is 5.97. The predicted octanol–water partition coefficient (Wildman–Crippen LogP) is 3.89. The van der Waals surface area contributed by atoms with Crippen LogP contribution in [0.5, 0.6) is 5.75 Å². The Labute approximate surface area is 174 Å². The van der Waals surface area contributed by atoms with Crippen LogP contribution in [-0.4, -0.2) is 38.9 Å². The highest BCUT2D eigenvalue weighted by atomic mass is 16.5. The maximum absolute atomic E-state index is 5.67. The fourth-order valence-electron chi connectivity index (χ4n) is 3.75. The molecule has 1 fully saturated rings. The van der Waals surface area contributed by atoms with E-state index in [0.717, 1.165) is 50.9 Å². The molecule has 0 saturated carbocycles. The molecule has 1 heterocycles. The molecule has 0 amide bonds. The Bertz CT molecular complexity index is 753. The van der Waals surface area contributed by atoms with Crippen molar-refractivity contribution in [3.05, 3.63) is 65.7 Å². The Hall–Kier alpha value is -2.53. The number of rotatable bonds is 8. The Morgan fingerprint density at radius 3 is 2.38 bits per heavy atom. The summed E-state index contributed by atoms with van der Waals surface area (Å²) in [6, 6.07) is 18.9. The number of hydrogen-bond acceptors (Lipinski definition) is 3. The number of benzene rings is 2. The van der Waals surface area contributed by atoms with Gasteiger partial charge in [-0.2, -0.15) is 0 Å². The van der Waals surface area contributed by atoms with Crippen LogP contribution < -0.4 is 15.4 Å². The number of aliphatic imine (C=N–C) groups is 1. The first-order valence-corrected chi connectivity index (χ1v) is 10.6. The second kappa shape index (κ2) is 10.9. The van der Waals surface area contributed by atoms with E-state index in [-0.39, 0.29) is 5.41 Å². The smallest absolute Gasteiger partial charge is 0.191 e. The zero-order valence-electron chi connectivity index (χ0n) is 17.6. The monoisotopic (exact) mass is 395 g/mol. The molecule has 0 aromatic heterocycles. The van der Waals surface area contributed by atoms with E-state index in [9.17, 15) is 0 Å². The Balaban J connectivity index is 1.72. The molecule has 0 bridgehead atoms. The molecule has 0 unspecified atom stereocenters. The van der Waals surface area contributed by atoms with Gasteiger partial charge in [0, 0.05) is 31.7 Å². The first-order chi connectivity index (χ1) is 14.3. The zero-order valence-corrected chi connectivity index (χ0v) is 17.6. The van der Waals surface area contributed by atoms with Crippen molar-refractivity contribution in [2.75, 3.05) is 32.9 Å². The molecule has 0 radical (unpaired) electrons. The van der Waals surface area contributed by atoms with E-state index in [0.29, 0.717) is 13.2 Å². The normalized spacial score (nSPS) is 16.3. The molecule has 5 heteroatoms. The number of hydrogen-bond donors (Lipinski definition) is 2. The number of nitrogens with zero attached hydrogens (tertiary/aromatic N) is 1. The maximum Gasteiger partial charge on any atom is 0.191 e. The summed E-state index contributed by atoms with van der Waals surface area (Å²) < 4.78 is 11.3. The van der Waals surface area contributed by atoms with E-state index in [4.69, 9.17) is 14.5 Å². The van der Waals surface area contributed by atoms with E-state index in [2.05, 4.69) is 54.0 Å². The summed E-state index contributed by atoms with van der Waals surface area (Å²) in [5.41, 5.74) is 2.57. The molecule has 5 nitrogen and oxygen atoms in total. The van der Waals surface area contributed by atoms with Crippen LogP contribution >= 0.6 is 0 Å². The maximum atomic E-state index is 5.67. The second-order valence-electron chi connectivity index (χ2n) is 7.38. The fraction of sp³-hybridized carbons (Fsp3) is 0.458. The van der Waals surface area contributed by atoms with E-state index in [1.165, 1.54) is 11.1 Å². The van der Waals surface area contributed by atoms with Crippen molar-refractivity contribution in [3.63, 3.8) is 0 Å². The van der Waals surface area contributed by atoms with Gasteiger partial charge < -0.3 is 20.1 Å². The summed E-state index contributed by atoms with van der Waals surface area (Å²) in [7, 11) is 0. The van der Waals surface area contributed by atoms with Crippen LogP contribution in [0.1, 0.15) is 37.8 Å². The molecule has 29 heavy (non-hydrogen) atoms. The van der Waals surface area contributed by atoms with Gasteiger partial charge in [-0.1, -0.05) is 42.5 Å². The van der Waals surface area contributed by atoms with Gasteiger partial charge in [0.2, 0.25) is 0 Å². The lowest BCUT2D eigenvalue weighted by Gasteiger charge is -2.38. The average Bonchev–Trinajstić information content (AvgIpc) is 2.78. The molecule has 2 aromatic carbocycles. The van der Waals surface area contributed by atoms with Gasteiger partial charge in [-0.15, -0.1) is 0 Å². The summed E-state index contributed by atoms with van der Waals surface area (Å²) in [6.07, 6.45) is 1.98. The molecular weight excluding hydrogens is 362 g/mol. The predicted molar refractivity (Wildman–Crippen MR) is 119 cm³/mol. The minimum Gasteiger partial charge on any atom is -0.494 e. The molecule has 0 atom stereocenters. The summed E-state index contributed by atoms with van der Waals surface area (Å²) in [5.74, 6) is 1.78. The quantitative estimate of drug-likeness (QED) is 0.526. The standard InChI is InChI=1S/C24H33N3O2/c1-3-25-23(26-18-20-8-6-5-7-9-20)27-19-24(14-16-28-17-15-24)21-10-12-22(13-11-21)29-4-2/h5-13H,3-4,14-19H2,1-2H3,(H2,25,26,27). The van der Waals surface area contributed by atoms with E-state index in [1.807, 2.05) is 25.1 Å². The van der Waals surface area contributed by atoms with Gasteiger partial charge in [0.25, 0.3) is 0 Å². The zero-order chi connectivity index (χ0) is 20.4. The van der Waals surface area contributed by atoms with Crippen molar-refractivity contribution in [2.24, 2.45) is 4.99 Å². The fourth-order valence-corrected chi connectivity index (χ4v) is 3.75. The lowest BCUT2D eigenvalue weighted by Crippen LogP contribution is -2.48. The van der Waals surface area contributed by atoms with Crippen LogP contribution in [0.15, 0.2) is 59.6 Å². The van der Waals surface area contributed by atoms with Gasteiger partial charge in [-0.3, -0.25) is 0 Å². The van der Waals surface area contributed by atoms with Crippen molar-refractivity contribution >= 4 is 5.96 Å². The molecule has 0 spiro atoms. The molecule has 0 aliphatic carbocycles. The van der Waals surface area contributed by atoms with Crippen LogP contribution in [0.4, 0.5) is 0 Å². The van der Waals surface area contributed by atoms with Crippen LogP contribution in [0.25, 0.3) is 0 Å². The molecular formula is C24H33N3O2. The summed E-state index contributed by atoms with van der Waals surface area (Å²) in [5, 5.41) is 6.97. The van der Waals surface area contributed by atoms with Crippen LogP contribution in [0.2, 0.25) is 0 Å². The highest BCUT2D eigenvalue weighted by molar-refractivity contribution is 5.79. The Kier molecular flexibility index (Phi) is 7.94. The molecule has 156 valence electrons. The van der Waals surface area contributed by atoms with Crippen LogP contribution in [0, 0.1) is 0 Å². The number of nitrogens with one attached hydrogen (secondary N) is 2. The van der Waals surface area contributed by atoms with Gasteiger partial charge in [-0.05, 0) is 49.9 Å². The molecule has 1 aliphatic rings. The Morgan fingerprint density at radius 2 is 1.72 bits per heavy atom. The van der Waals surface area contributed by atoms with Crippen molar-refractivity contribution in [3.8, 4) is 5.75 Å². The van der Waals surface area contributed by atoms with Gasteiger partial charge in [-0.25, -0.2) is 4.99 Å². The van der Waals surface area contributed by atoms with Gasteiger partial charge in [0.05, 0.1) is 13.2 Å². The average molecular weight is 396 g/mol. The van der Waals surface area contributed by atoms with Gasteiger partial charge in [0.1, 0.15) is 5.75 Å². The van der Waals surface area contributed by atoms with E-state index >= 15 is 0 Å². The lowest BCUT2D eigenvalue weighted by atomic mass is 9.74.